The molecule has 0 spiro atoms. The van der Waals surface area contributed by atoms with Gasteiger partial charge in [0.2, 0.25) is 0 Å². The summed E-state index contributed by atoms with van der Waals surface area (Å²) in [7, 11) is 0. The maximum Gasteiger partial charge on any atom is 0.348 e. The zero-order valence-corrected chi connectivity index (χ0v) is 19.3. The Hall–Kier alpha value is -2.12. The van der Waals surface area contributed by atoms with Crippen LogP contribution in [-0.4, -0.2) is 114 Å². The SMILES string of the molecule is O=C(c1cccc(N2CCN(CC(O)=[N+]3CCN(C4CCC4)CC3)CC2)c1)N1CCCC1. The lowest BCUT2D eigenvalue weighted by atomic mass is 9.91. The number of nitrogens with zero attached hydrogens (tertiary/aromatic N) is 5. The predicted octanol–water partition coefficient (Wildman–Crippen LogP) is 1.88. The number of aliphatic hydroxyl groups excluding tert-OH is 1. The second-order valence-electron chi connectivity index (χ2n) is 9.84. The van der Waals surface area contributed by atoms with E-state index in [1.807, 2.05) is 17.0 Å². The first-order valence-corrected chi connectivity index (χ1v) is 12.6. The summed E-state index contributed by atoms with van der Waals surface area (Å²) in [5.41, 5.74) is 1.94. The number of carbonyl (C=O) groups excluding carboxylic acids is 1. The summed E-state index contributed by atoms with van der Waals surface area (Å²) in [4.78, 5) is 22.0. The van der Waals surface area contributed by atoms with Gasteiger partial charge in [-0.2, -0.15) is 4.58 Å². The number of hydrogen-bond donors (Lipinski definition) is 1. The molecule has 1 N–H and O–H groups in total. The van der Waals surface area contributed by atoms with Gasteiger partial charge in [0.05, 0.1) is 13.1 Å². The van der Waals surface area contributed by atoms with Crippen molar-refractivity contribution in [3.63, 3.8) is 0 Å². The summed E-state index contributed by atoms with van der Waals surface area (Å²) in [5, 5.41) is 10.7. The minimum Gasteiger partial charge on any atom is -0.463 e. The highest BCUT2D eigenvalue weighted by Crippen LogP contribution is 2.25. The number of likely N-dealkylation sites (tertiary alicyclic amines) is 1. The molecule has 0 aromatic heterocycles. The van der Waals surface area contributed by atoms with Crippen LogP contribution in [0.4, 0.5) is 5.69 Å². The summed E-state index contributed by atoms with van der Waals surface area (Å²) in [6, 6.07) is 8.92. The molecule has 0 radical (unpaired) electrons. The van der Waals surface area contributed by atoms with Crippen LogP contribution in [0.15, 0.2) is 24.3 Å². The molecule has 1 amide bonds. The van der Waals surface area contributed by atoms with Gasteiger partial charge in [0.25, 0.3) is 5.91 Å². The average Bonchev–Trinajstić information content (AvgIpc) is 3.33. The molecule has 0 unspecified atom stereocenters. The lowest BCUT2D eigenvalue weighted by Crippen LogP contribution is -2.52. The Kier molecular flexibility index (Phi) is 6.64. The van der Waals surface area contributed by atoms with Crippen molar-refractivity contribution in [3.05, 3.63) is 29.8 Å². The molecule has 7 nitrogen and oxygen atoms in total. The number of piperazine rings is 2. The van der Waals surface area contributed by atoms with E-state index in [9.17, 15) is 9.90 Å². The Labute approximate surface area is 191 Å². The molecule has 0 bridgehead atoms. The van der Waals surface area contributed by atoms with E-state index >= 15 is 0 Å². The summed E-state index contributed by atoms with van der Waals surface area (Å²) < 4.78 is 2.18. The third kappa shape index (κ3) is 4.79. The Morgan fingerprint density at radius 3 is 2.31 bits per heavy atom. The van der Waals surface area contributed by atoms with Gasteiger partial charge in [-0.3, -0.25) is 14.6 Å². The average molecular weight is 441 g/mol. The van der Waals surface area contributed by atoms with Crippen molar-refractivity contribution in [1.29, 1.82) is 0 Å². The van der Waals surface area contributed by atoms with Crippen molar-refractivity contribution in [2.24, 2.45) is 0 Å². The van der Waals surface area contributed by atoms with Gasteiger partial charge in [0, 0.05) is 56.6 Å². The molecular weight excluding hydrogens is 402 g/mol. The van der Waals surface area contributed by atoms with Crippen LogP contribution in [-0.2, 0) is 0 Å². The quantitative estimate of drug-likeness (QED) is 0.560. The van der Waals surface area contributed by atoms with Crippen molar-refractivity contribution in [2.75, 3.05) is 76.9 Å². The molecule has 1 aromatic carbocycles. The Bertz CT molecular complexity index is 828. The summed E-state index contributed by atoms with van der Waals surface area (Å²) in [5.74, 6) is 0.699. The van der Waals surface area contributed by atoms with Crippen LogP contribution in [0.3, 0.4) is 0 Å². The molecule has 4 fully saturated rings. The third-order valence-corrected chi connectivity index (χ3v) is 7.86. The van der Waals surface area contributed by atoms with E-state index in [4.69, 9.17) is 0 Å². The van der Waals surface area contributed by atoms with E-state index < -0.39 is 0 Å². The molecule has 174 valence electrons. The van der Waals surface area contributed by atoms with Crippen LogP contribution in [0.2, 0.25) is 0 Å². The monoisotopic (exact) mass is 440 g/mol. The van der Waals surface area contributed by atoms with Gasteiger partial charge in [-0.25, -0.2) is 0 Å². The lowest BCUT2D eigenvalue weighted by molar-refractivity contribution is -0.549. The second-order valence-corrected chi connectivity index (χ2v) is 9.84. The first kappa shape index (κ1) is 21.7. The minimum atomic E-state index is 0.167. The van der Waals surface area contributed by atoms with E-state index in [2.05, 4.69) is 31.4 Å². The van der Waals surface area contributed by atoms with E-state index in [1.54, 1.807) is 0 Å². The molecule has 0 atom stereocenters. The molecule has 1 saturated carbocycles. The topological polar surface area (TPSA) is 53.3 Å². The van der Waals surface area contributed by atoms with Gasteiger partial charge in [-0.1, -0.05) is 12.5 Å². The maximum atomic E-state index is 12.7. The Morgan fingerprint density at radius 2 is 1.66 bits per heavy atom. The Balaban J connectivity index is 1.12. The fourth-order valence-corrected chi connectivity index (χ4v) is 5.50. The highest BCUT2D eigenvalue weighted by molar-refractivity contribution is 5.95. The van der Waals surface area contributed by atoms with Crippen LogP contribution in [0.5, 0.6) is 0 Å². The van der Waals surface area contributed by atoms with E-state index in [1.165, 1.54) is 19.3 Å². The molecule has 1 aromatic rings. The normalized spacial score (nSPS) is 23.4. The van der Waals surface area contributed by atoms with Gasteiger partial charge in [0.1, 0.15) is 6.54 Å². The van der Waals surface area contributed by atoms with Crippen LogP contribution in [0.1, 0.15) is 42.5 Å². The van der Waals surface area contributed by atoms with Crippen LogP contribution in [0.25, 0.3) is 0 Å². The number of hydrogen-bond acceptors (Lipinski definition) is 4. The first-order chi connectivity index (χ1) is 15.7. The molecule has 1 aliphatic carbocycles. The number of carbonyl (C=O) groups is 1. The second kappa shape index (κ2) is 9.79. The largest absolute Gasteiger partial charge is 0.463 e. The van der Waals surface area contributed by atoms with Crippen molar-refractivity contribution in [1.82, 2.24) is 14.7 Å². The molecular formula is C25H38N5O2+. The van der Waals surface area contributed by atoms with Crippen LogP contribution >= 0.6 is 0 Å². The summed E-state index contributed by atoms with van der Waals surface area (Å²) in [6.45, 7) is 10.2. The Morgan fingerprint density at radius 1 is 0.938 bits per heavy atom. The third-order valence-electron chi connectivity index (χ3n) is 7.86. The fraction of sp³-hybridized carbons (Fsp3) is 0.680. The summed E-state index contributed by atoms with van der Waals surface area (Å²) >= 11 is 0. The first-order valence-electron chi connectivity index (χ1n) is 12.6. The van der Waals surface area contributed by atoms with E-state index in [0.29, 0.717) is 12.4 Å². The van der Waals surface area contributed by atoms with Crippen molar-refractivity contribution in [2.45, 2.75) is 38.1 Å². The highest BCUT2D eigenvalue weighted by Gasteiger charge is 2.31. The zero-order valence-electron chi connectivity index (χ0n) is 19.3. The van der Waals surface area contributed by atoms with Crippen molar-refractivity contribution < 1.29 is 14.5 Å². The predicted molar refractivity (Wildman–Crippen MR) is 127 cm³/mol. The van der Waals surface area contributed by atoms with Crippen molar-refractivity contribution >= 4 is 17.5 Å². The number of anilines is 1. The molecule has 4 aliphatic rings. The molecule has 3 saturated heterocycles. The number of aliphatic hydroxyl groups is 1. The molecule has 32 heavy (non-hydrogen) atoms. The zero-order chi connectivity index (χ0) is 21.9. The van der Waals surface area contributed by atoms with E-state index in [-0.39, 0.29) is 5.91 Å². The fourth-order valence-electron chi connectivity index (χ4n) is 5.50. The number of rotatable bonds is 5. The number of amides is 1. The molecule has 7 heteroatoms. The van der Waals surface area contributed by atoms with Crippen LogP contribution < -0.4 is 4.90 Å². The molecule has 3 aliphatic heterocycles. The highest BCUT2D eigenvalue weighted by atomic mass is 16.3. The standard InChI is InChI=1S/C25H37N5O2/c31-24(29-17-15-27(16-18-29)22-6-4-7-22)20-26-11-13-28(14-12-26)23-8-3-5-21(19-23)25(32)30-9-1-2-10-30/h3,5,8,19,22H,1-2,4,6-7,9-18,20H2/p+1. The lowest BCUT2D eigenvalue weighted by Gasteiger charge is -2.38. The van der Waals surface area contributed by atoms with Gasteiger partial charge in [-0.15, -0.1) is 0 Å². The maximum absolute atomic E-state index is 12.7. The van der Waals surface area contributed by atoms with Gasteiger partial charge in [-0.05, 0) is 43.9 Å². The van der Waals surface area contributed by atoms with Crippen molar-refractivity contribution in [3.8, 4) is 0 Å². The smallest absolute Gasteiger partial charge is 0.348 e. The van der Waals surface area contributed by atoms with Crippen LogP contribution in [0, 0.1) is 0 Å². The van der Waals surface area contributed by atoms with E-state index in [0.717, 1.165) is 95.6 Å². The minimum absolute atomic E-state index is 0.167. The molecule has 3 heterocycles. The number of benzene rings is 1. The molecule has 5 rings (SSSR count). The van der Waals surface area contributed by atoms with Gasteiger partial charge < -0.3 is 14.9 Å². The summed E-state index contributed by atoms with van der Waals surface area (Å²) in [6.07, 6.45) is 6.33. The van der Waals surface area contributed by atoms with Gasteiger partial charge in [0.15, 0.2) is 13.1 Å². The van der Waals surface area contributed by atoms with Gasteiger partial charge >= 0.3 is 5.90 Å².